The zero-order valence-corrected chi connectivity index (χ0v) is 18.1. The molecule has 1 aromatic rings. The van der Waals surface area contributed by atoms with Crippen LogP contribution in [0.1, 0.15) is 12.0 Å². The Morgan fingerprint density at radius 3 is 2.48 bits per heavy atom. The molecule has 0 spiro atoms. The molecule has 0 aromatic heterocycles. The minimum Gasteiger partial charge on any atom is -0.508 e. The van der Waals surface area contributed by atoms with E-state index >= 15 is 0 Å². The van der Waals surface area contributed by atoms with Gasteiger partial charge in [0, 0.05) is 27.6 Å². The molecule has 1 unspecified atom stereocenters. The molecule has 29 heavy (non-hydrogen) atoms. The van der Waals surface area contributed by atoms with E-state index in [0.29, 0.717) is 6.61 Å². The Morgan fingerprint density at radius 1 is 1.21 bits per heavy atom. The second-order valence-electron chi connectivity index (χ2n) is 8.32. The van der Waals surface area contributed by atoms with Crippen LogP contribution in [0.4, 0.5) is 0 Å². The molecule has 0 aliphatic carbocycles. The number of piperidine rings is 1. The van der Waals surface area contributed by atoms with Crippen LogP contribution in [0.5, 0.6) is 5.75 Å². The van der Waals surface area contributed by atoms with Gasteiger partial charge in [-0.15, -0.1) is 0 Å². The molecule has 158 valence electrons. The maximum atomic E-state index is 12.7. The quantitative estimate of drug-likeness (QED) is 0.372. The number of hydrogen-bond acceptors (Lipinski definition) is 6. The van der Waals surface area contributed by atoms with Gasteiger partial charge < -0.3 is 20.1 Å². The van der Waals surface area contributed by atoms with Gasteiger partial charge in [-0.3, -0.25) is 19.2 Å². The molecule has 1 saturated heterocycles. The van der Waals surface area contributed by atoms with Crippen LogP contribution in [-0.4, -0.2) is 61.3 Å². The lowest BCUT2D eigenvalue weighted by Crippen LogP contribution is -2.52. The number of benzene rings is 1. The standard InChI is InChI=1S/C20H28N2O6Si/c1-29(2,3)11-10-28-17(25)12-21-19(26)18-16(24)8-9-22(20(18)27)13-14-4-6-15(23)7-5-14/h4-7,18,23H,8-13H2,1-3H3,(H,21,26). The third-order valence-corrected chi connectivity index (χ3v) is 6.31. The van der Waals surface area contributed by atoms with Crippen molar-refractivity contribution in [2.75, 3.05) is 19.7 Å². The Kier molecular flexibility index (Phi) is 7.55. The minimum absolute atomic E-state index is 0.0720. The van der Waals surface area contributed by atoms with Crippen molar-refractivity contribution in [2.45, 2.75) is 38.7 Å². The molecular weight excluding hydrogens is 392 g/mol. The summed E-state index contributed by atoms with van der Waals surface area (Å²) >= 11 is 0. The van der Waals surface area contributed by atoms with Crippen molar-refractivity contribution in [3.8, 4) is 5.75 Å². The first-order valence-electron chi connectivity index (χ1n) is 9.59. The van der Waals surface area contributed by atoms with Crippen molar-refractivity contribution in [3.63, 3.8) is 0 Å². The Labute approximate surface area is 171 Å². The third-order valence-electron chi connectivity index (χ3n) is 4.60. The first-order chi connectivity index (χ1) is 13.6. The van der Waals surface area contributed by atoms with E-state index in [9.17, 15) is 24.3 Å². The van der Waals surface area contributed by atoms with Crippen molar-refractivity contribution >= 4 is 31.6 Å². The third kappa shape index (κ3) is 7.01. The van der Waals surface area contributed by atoms with E-state index in [1.165, 1.54) is 17.0 Å². The molecule has 1 aromatic carbocycles. The van der Waals surface area contributed by atoms with E-state index in [1.807, 2.05) is 0 Å². The number of hydrogen-bond donors (Lipinski definition) is 2. The summed E-state index contributed by atoms with van der Waals surface area (Å²) in [6, 6.07) is 7.17. The number of rotatable bonds is 8. The summed E-state index contributed by atoms with van der Waals surface area (Å²) in [5.41, 5.74) is 0.774. The lowest BCUT2D eigenvalue weighted by atomic mass is 9.94. The maximum Gasteiger partial charge on any atom is 0.325 e. The number of esters is 1. The zero-order chi connectivity index (χ0) is 21.6. The SMILES string of the molecule is C[Si](C)(C)CCOC(=O)CNC(=O)C1C(=O)CCN(Cc2ccc(O)cc2)C1=O. The van der Waals surface area contributed by atoms with Crippen LogP contribution in [0.3, 0.4) is 0 Å². The molecule has 1 aliphatic heterocycles. The molecular formula is C20H28N2O6Si. The summed E-state index contributed by atoms with van der Waals surface area (Å²) in [6.45, 7) is 6.86. The fourth-order valence-electron chi connectivity index (χ4n) is 2.84. The van der Waals surface area contributed by atoms with Gasteiger partial charge in [0.15, 0.2) is 11.7 Å². The van der Waals surface area contributed by atoms with E-state index in [0.717, 1.165) is 11.6 Å². The molecule has 2 amide bonds. The number of Topliss-reactive ketones (excluding diaryl/α,β-unsaturated/α-hetero) is 1. The Bertz CT molecular complexity index is 772. The predicted octanol–water partition coefficient (Wildman–Crippen LogP) is 1.31. The number of aromatic hydroxyl groups is 1. The number of nitrogens with one attached hydrogen (secondary N) is 1. The van der Waals surface area contributed by atoms with E-state index in [1.54, 1.807) is 12.1 Å². The van der Waals surface area contributed by atoms with Crippen molar-refractivity contribution in [1.82, 2.24) is 10.2 Å². The average Bonchev–Trinajstić information content (AvgIpc) is 2.63. The monoisotopic (exact) mass is 420 g/mol. The fourth-order valence-corrected chi connectivity index (χ4v) is 3.55. The highest BCUT2D eigenvalue weighted by Gasteiger charge is 2.40. The van der Waals surface area contributed by atoms with Crippen LogP contribution in [0.25, 0.3) is 0 Å². The van der Waals surface area contributed by atoms with Gasteiger partial charge in [0.25, 0.3) is 0 Å². The number of carbonyl (C=O) groups excluding carboxylic acids is 4. The van der Waals surface area contributed by atoms with Gasteiger partial charge in [-0.2, -0.15) is 0 Å². The Morgan fingerprint density at radius 2 is 1.86 bits per heavy atom. The number of ketones is 1. The molecule has 1 fully saturated rings. The van der Waals surface area contributed by atoms with Crippen molar-refractivity contribution in [3.05, 3.63) is 29.8 Å². The lowest BCUT2D eigenvalue weighted by Gasteiger charge is -2.30. The van der Waals surface area contributed by atoms with Crippen molar-refractivity contribution < 1.29 is 29.0 Å². The number of phenolic OH excluding ortho intramolecular Hbond substituents is 1. The van der Waals surface area contributed by atoms with Gasteiger partial charge in [-0.1, -0.05) is 31.8 Å². The Balaban J connectivity index is 1.89. The molecule has 2 rings (SSSR count). The number of likely N-dealkylation sites (tertiary alicyclic amines) is 1. The summed E-state index contributed by atoms with van der Waals surface area (Å²) in [7, 11) is -1.33. The topological polar surface area (TPSA) is 113 Å². The van der Waals surface area contributed by atoms with E-state index in [-0.39, 0.29) is 31.8 Å². The summed E-state index contributed by atoms with van der Waals surface area (Å²) in [5.74, 6) is -3.75. The van der Waals surface area contributed by atoms with Gasteiger partial charge in [-0.25, -0.2) is 0 Å². The van der Waals surface area contributed by atoms with Crippen LogP contribution >= 0.6 is 0 Å². The van der Waals surface area contributed by atoms with Crippen LogP contribution < -0.4 is 5.32 Å². The first kappa shape index (κ1) is 22.6. The highest BCUT2D eigenvalue weighted by molar-refractivity contribution is 6.76. The maximum absolute atomic E-state index is 12.7. The van der Waals surface area contributed by atoms with E-state index < -0.39 is 37.6 Å². The highest BCUT2D eigenvalue weighted by Crippen LogP contribution is 2.19. The average molecular weight is 421 g/mol. The first-order valence-corrected chi connectivity index (χ1v) is 13.3. The number of phenols is 1. The van der Waals surface area contributed by atoms with Crippen molar-refractivity contribution in [1.29, 1.82) is 0 Å². The minimum atomic E-state index is -1.45. The summed E-state index contributed by atoms with van der Waals surface area (Å²) in [6.07, 6.45) is 0.0720. The van der Waals surface area contributed by atoms with Gasteiger partial charge in [0.1, 0.15) is 12.3 Å². The zero-order valence-electron chi connectivity index (χ0n) is 17.1. The molecule has 1 heterocycles. The molecule has 8 nitrogen and oxygen atoms in total. The highest BCUT2D eigenvalue weighted by atomic mass is 28.3. The number of nitrogens with zero attached hydrogens (tertiary/aromatic N) is 1. The second kappa shape index (κ2) is 9.68. The molecule has 9 heteroatoms. The van der Waals surface area contributed by atoms with Crippen molar-refractivity contribution in [2.24, 2.45) is 5.92 Å². The van der Waals surface area contributed by atoms with E-state index in [2.05, 4.69) is 25.0 Å². The van der Waals surface area contributed by atoms with Gasteiger partial charge in [0.05, 0.1) is 6.61 Å². The lowest BCUT2D eigenvalue weighted by molar-refractivity contribution is -0.153. The fraction of sp³-hybridized carbons (Fsp3) is 0.500. The summed E-state index contributed by atoms with van der Waals surface area (Å²) in [4.78, 5) is 50.4. The number of carbonyl (C=O) groups is 4. The van der Waals surface area contributed by atoms with Gasteiger partial charge in [0.2, 0.25) is 11.8 Å². The van der Waals surface area contributed by atoms with Gasteiger partial charge >= 0.3 is 5.97 Å². The van der Waals surface area contributed by atoms with E-state index in [4.69, 9.17) is 4.74 Å². The van der Waals surface area contributed by atoms with Crippen LogP contribution in [-0.2, 0) is 30.5 Å². The molecule has 0 radical (unpaired) electrons. The molecule has 0 bridgehead atoms. The number of amides is 2. The largest absolute Gasteiger partial charge is 0.508 e. The van der Waals surface area contributed by atoms with Gasteiger partial charge in [-0.05, 0) is 23.7 Å². The van der Waals surface area contributed by atoms with Crippen LogP contribution in [0.2, 0.25) is 25.7 Å². The molecule has 1 aliphatic rings. The van der Waals surface area contributed by atoms with Crippen LogP contribution in [0.15, 0.2) is 24.3 Å². The Hall–Kier alpha value is -2.68. The number of ether oxygens (including phenoxy) is 1. The normalized spacial score (nSPS) is 17.2. The summed E-state index contributed by atoms with van der Waals surface area (Å²) < 4.78 is 5.10. The molecule has 2 N–H and O–H groups in total. The smallest absolute Gasteiger partial charge is 0.325 e. The summed E-state index contributed by atoms with van der Waals surface area (Å²) in [5, 5.41) is 11.7. The molecule has 1 atom stereocenters. The predicted molar refractivity (Wildman–Crippen MR) is 109 cm³/mol. The molecule has 0 saturated carbocycles. The van der Waals surface area contributed by atoms with Crippen LogP contribution in [0, 0.1) is 5.92 Å². The second-order valence-corrected chi connectivity index (χ2v) is 13.9.